The molecule has 0 saturated heterocycles. The van der Waals surface area contributed by atoms with Crippen molar-refractivity contribution in [2.45, 2.75) is 59.3 Å². The van der Waals surface area contributed by atoms with E-state index < -0.39 is 19.3 Å². The lowest BCUT2D eigenvalue weighted by Gasteiger charge is -2.27. The highest BCUT2D eigenvalue weighted by atomic mass is 31.2. The standard InChI is InChI=1S/C16H31O4P/c1-4-20-21(19,11-13(2)3)12-15(16(17)18)10-14-8-6-5-7-9-14/h13-15H,4-12H2,1-3H3,(H,17,18). The Kier molecular flexibility index (Phi) is 7.97. The number of aliphatic carboxylic acids is 1. The molecule has 0 spiro atoms. The average molecular weight is 318 g/mol. The SMILES string of the molecule is CCOP(=O)(CC(C)C)CC(CC1CCCCC1)C(=O)O. The summed E-state index contributed by atoms with van der Waals surface area (Å²) in [4.78, 5) is 11.6. The van der Waals surface area contributed by atoms with Gasteiger partial charge in [0.05, 0.1) is 12.5 Å². The highest BCUT2D eigenvalue weighted by Crippen LogP contribution is 2.51. The van der Waals surface area contributed by atoms with Crippen molar-refractivity contribution in [3.05, 3.63) is 0 Å². The molecule has 0 heterocycles. The molecule has 0 amide bonds. The third-order valence-corrected chi connectivity index (χ3v) is 7.21. The molecule has 1 fully saturated rings. The van der Waals surface area contributed by atoms with Crippen molar-refractivity contribution < 1.29 is 19.0 Å². The number of hydrogen-bond donors (Lipinski definition) is 1. The van der Waals surface area contributed by atoms with Crippen molar-refractivity contribution in [2.24, 2.45) is 17.8 Å². The van der Waals surface area contributed by atoms with Crippen molar-refractivity contribution in [3.8, 4) is 0 Å². The summed E-state index contributed by atoms with van der Waals surface area (Å²) in [6, 6.07) is 0. The molecule has 0 aliphatic heterocycles. The molecule has 1 saturated carbocycles. The zero-order valence-electron chi connectivity index (χ0n) is 13.7. The van der Waals surface area contributed by atoms with Gasteiger partial charge in [-0.15, -0.1) is 0 Å². The molecule has 1 rings (SSSR count). The van der Waals surface area contributed by atoms with Gasteiger partial charge in [-0.05, 0) is 25.2 Å². The summed E-state index contributed by atoms with van der Waals surface area (Å²) in [6.45, 7) is 6.22. The van der Waals surface area contributed by atoms with Crippen molar-refractivity contribution >= 4 is 13.3 Å². The number of carboxylic acid groups (broad SMARTS) is 1. The Bertz CT molecular complexity index is 361. The maximum absolute atomic E-state index is 12.9. The fraction of sp³-hybridized carbons (Fsp3) is 0.938. The number of carboxylic acids is 1. The highest BCUT2D eigenvalue weighted by Gasteiger charge is 2.33. The van der Waals surface area contributed by atoms with E-state index in [2.05, 4.69) is 0 Å². The third-order valence-electron chi connectivity index (χ3n) is 4.20. The minimum atomic E-state index is -2.83. The molecule has 1 N–H and O–H groups in total. The maximum Gasteiger partial charge on any atom is 0.307 e. The summed E-state index contributed by atoms with van der Waals surface area (Å²) < 4.78 is 18.4. The van der Waals surface area contributed by atoms with Crippen molar-refractivity contribution in [1.29, 1.82) is 0 Å². The minimum absolute atomic E-state index is 0.199. The molecule has 0 bridgehead atoms. The van der Waals surface area contributed by atoms with Gasteiger partial charge < -0.3 is 9.63 Å². The Morgan fingerprint density at radius 3 is 2.33 bits per heavy atom. The molecule has 0 aromatic rings. The summed E-state index contributed by atoms with van der Waals surface area (Å²) >= 11 is 0. The van der Waals surface area contributed by atoms with E-state index in [-0.39, 0.29) is 12.1 Å². The molecular weight excluding hydrogens is 287 g/mol. The molecule has 1 aliphatic carbocycles. The van der Waals surface area contributed by atoms with Crippen LogP contribution in [0.5, 0.6) is 0 Å². The van der Waals surface area contributed by atoms with Gasteiger partial charge in [0, 0.05) is 12.3 Å². The van der Waals surface area contributed by atoms with Gasteiger partial charge in [0.25, 0.3) is 0 Å². The number of rotatable bonds is 9. The van der Waals surface area contributed by atoms with Gasteiger partial charge in [-0.3, -0.25) is 9.36 Å². The molecule has 2 atom stereocenters. The van der Waals surface area contributed by atoms with Gasteiger partial charge in [-0.2, -0.15) is 0 Å². The van der Waals surface area contributed by atoms with Crippen LogP contribution in [0, 0.1) is 17.8 Å². The van der Waals surface area contributed by atoms with E-state index in [1.165, 1.54) is 19.3 Å². The van der Waals surface area contributed by atoms with E-state index in [9.17, 15) is 14.5 Å². The van der Waals surface area contributed by atoms with Crippen molar-refractivity contribution in [2.75, 3.05) is 18.9 Å². The lowest BCUT2D eigenvalue weighted by Crippen LogP contribution is -2.24. The van der Waals surface area contributed by atoms with E-state index in [1.54, 1.807) is 0 Å². The molecule has 2 unspecified atom stereocenters. The smallest absolute Gasteiger partial charge is 0.307 e. The molecule has 4 nitrogen and oxygen atoms in total. The van der Waals surface area contributed by atoms with E-state index in [4.69, 9.17) is 4.52 Å². The lowest BCUT2D eigenvalue weighted by molar-refractivity contribution is -0.141. The van der Waals surface area contributed by atoms with Crippen molar-refractivity contribution in [1.82, 2.24) is 0 Å². The molecule has 1 aliphatic rings. The predicted molar refractivity (Wildman–Crippen MR) is 86.1 cm³/mol. The summed E-state index contributed by atoms with van der Waals surface area (Å²) in [5.41, 5.74) is 0. The predicted octanol–water partition coefficient (Wildman–Crippen LogP) is 4.63. The quantitative estimate of drug-likeness (QED) is 0.630. The van der Waals surface area contributed by atoms with E-state index in [0.717, 1.165) is 12.8 Å². The van der Waals surface area contributed by atoms with Crippen molar-refractivity contribution in [3.63, 3.8) is 0 Å². The third kappa shape index (κ3) is 6.97. The molecule has 5 heteroatoms. The largest absolute Gasteiger partial charge is 0.481 e. The first-order valence-electron chi connectivity index (χ1n) is 8.31. The summed E-state index contributed by atoms with van der Waals surface area (Å²) in [7, 11) is -2.83. The second-order valence-electron chi connectivity index (χ2n) is 6.77. The Morgan fingerprint density at radius 1 is 1.24 bits per heavy atom. The van der Waals surface area contributed by atoms with Crippen LogP contribution in [0.25, 0.3) is 0 Å². The Balaban J connectivity index is 2.69. The first kappa shape index (κ1) is 18.7. The van der Waals surface area contributed by atoms with Crippen LogP contribution in [0.4, 0.5) is 0 Å². The van der Waals surface area contributed by atoms with Crippen LogP contribution < -0.4 is 0 Å². The van der Waals surface area contributed by atoms with Gasteiger partial charge >= 0.3 is 5.97 Å². The first-order chi connectivity index (χ1) is 9.86. The normalized spacial score (nSPS) is 21.1. The Morgan fingerprint density at radius 2 is 1.86 bits per heavy atom. The Labute approximate surface area is 129 Å². The van der Waals surface area contributed by atoms with Crippen LogP contribution in [0.2, 0.25) is 0 Å². The molecular formula is C16H31O4P. The topological polar surface area (TPSA) is 63.6 Å². The second kappa shape index (κ2) is 8.95. The highest BCUT2D eigenvalue weighted by molar-refractivity contribution is 7.59. The fourth-order valence-corrected chi connectivity index (χ4v) is 6.31. The first-order valence-corrected chi connectivity index (χ1v) is 10.3. The van der Waals surface area contributed by atoms with Crippen LogP contribution in [0.1, 0.15) is 59.3 Å². The Hall–Kier alpha value is -0.340. The van der Waals surface area contributed by atoms with E-state index in [1.807, 2.05) is 20.8 Å². The molecule has 0 radical (unpaired) electrons. The lowest BCUT2D eigenvalue weighted by atomic mass is 9.83. The number of carbonyl (C=O) groups is 1. The van der Waals surface area contributed by atoms with Crippen LogP contribution >= 0.6 is 7.37 Å². The van der Waals surface area contributed by atoms with Crippen LogP contribution in [-0.4, -0.2) is 30.0 Å². The van der Waals surface area contributed by atoms with Gasteiger partial charge in [0.1, 0.15) is 0 Å². The van der Waals surface area contributed by atoms with Crippen LogP contribution in [0.15, 0.2) is 0 Å². The fourth-order valence-electron chi connectivity index (χ4n) is 3.39. The summed E-state index contributed by atoms with van der Waals surface area (Å²) in [6.07, 6.45) is 7.24. The monoisotopic (exact) mass is 318 g/mol. The zero-order valence-corrected chi connectivity index (χ0v) is 14.6. The van der Waals surface area contributed by atoms with E-state index >= 15 is 0 Å². The summed E-state index contributed by atoms with van der Waals surface area (Å²) in [5.74, 6) is -0.603. The molecule has 0 aromatic heterocycles. The van der Waals surface area contributed by atoms with Crippen LogP contribution in [-0.2, 0) is 13.9 Å². The zero-order chi connectivity index (χ0) is 15.9. The molecule has 124 valence electrons. The summed E-state index contributed by atoms with van der Waals surface area (Å²) in [5, 5.41) is 9.49. The van der Waals surface area contributed by atoms with Gasteiger partial charge in [0.15, 0.2) is 0 Å². The minimum Gasteiger partial charge on any atom is -0.481 e. The maximum atomic E-state index is 12.9. The molecule has 21 heavy (non-hydrogen) atoms. The van der Waals surface area contributed by atoms with Crippen LogP contribution in [0.3, 0.4) is 0 Å². The van der Waals surface area contributed by atoms with Gasteiger partial charge in [-0.25, -0.2) is 0 Å². The molecule has 0 aromatic carbocycles. The van der Waals surface area contributed by atoms with E-state index in [0.29, 0.717) is 25.1 Å². The second-order valence-corrected chi connectivity index (χ2v) is 9.38. The number of hydrogen-bond acceptors (Lipinski definition) is 3. The average Bonchev–Trinajstić information content (AvgIpc) is 2.38. The van der Waals surface area contributed by atoms with Gasteiger partial charge in [0.2, 0.25) is 7.37 Å². The van der Waals surface area contributed by atoms with Gasteiger partial charge in [-0.1, -0.05) is 46.0 Å².